The van der Waals surface area contributed by atoms with Crippen LogP contribution in [0, 0.1) is 6.92 Å². The van der Waals surface area contributed by atoms with Gasteiger partial charge in [-0.1, -0.05) is 61.5 Å². The summed E-state index contributed by atoms with van der Waals surface area (Å²) in [5.41, 5.74) is 3.62. The van der Waals surface area contributed by atoms with Gasteiger partial charge in [-0.15, -0.1) is 0 Å². The number of aromatic carboxylic acids is 1. The molecule has 3 rings (SSSR count). The molecule has 2 nitrogen and oxygen atoms in total. The smallest absolute Gasteiger partial charge is 0.335 e. The molecular formula is C20H18O2. The van der Waals surface area contributed by atoms with E-state index in [-0.39, 0.29) is 5.92 Å². The van der Waals surface area contributed by atoms with Gasteiger partial charge in [-0.05, 0) is 40.5 Å². The first kappa shape index (κ1) is 14.3. The summed E-state index contributed by atoms with van der Waals surface area (Å²) >= 11 is 0. The van der Waals surface area contributed by atoms with E-state index in [1.165, 1.54) is 16.3 Å². The molecule has 3 aromatic rings. The quantitative estimate of drug-likeness (QED) is 0.737. The Labute approximate surface area is 130 Å². The lowest BCUT2D eigenvalue weighted by atomic mass is 9.86. The summed E-state index contributed by atoms with van der Waals surface area (Å²) < 4.78 is 0. The number of carboxylic acid groups (broad SMARTS) is 1. The lowest BCUT2D eigenvalue weighted by molar-refractivity contribution is 0.0695. The molecule has 0 heterocycles. The number of benzene rings is 3. The third-order valence-electron chi connectivity index (χ3n) is 4.30. The highest BCUT2D eigenvalue weighted by Gasteiger charge is 2.18. The van der Waals surface area contributed by atoms with E-state index in [4.69, 9.17) is 0 Å². The van der Waals surface area contributed by atoms with Crippen molar-refractivity contribution in [3.8, 4) is 0 Å². The topological polar surface area (TPSA) is 37.3 Å². The van der Waals surface area contributed by atoms with Crippen LogP contribution in [-0.4, -0.2) is 11.1 Å². The number of carboxylic acids is 1. The molecule has 0 bridgehead atoms. The number of rotatable bonds is 3. The van der Waals surface area contributed by atoms with Gasteiger partial charge in [-0.3, -0.25) is 0 Å². The minimum Gasteiger partial charge on any atom is -0.478 e. The highest BCUT2D eigenvalue weighted by molar-refractivity contribution is 5.92. The zero-order valence-corrected chi connectivity index (χ0v) is 12.7. The third kappa shape index (κ3) is 2.37. The molecule has 0 spiro atoms. The lowest BCUT2D eigenvalue weighted by Crippen LogP contribution is -2.06. The average molecular weight is 290 g/mol. The van der Waals surface area contributed by atoms with E-state index in [9.17, 15) is 9.90 Å². The first-order chi connectivity index (χ1) is 10.6. The predicted octanol–water partition coefficient (Wildman–Crippen LogP) is 5.00. The zero-order valence-electron chi connectivity index (χ0n) is 12.7. The third-order valence-corrected chi connectivity index (χ3v) is 4.30. The van der Waals surface area contributed by atoms with Crippen LogP contribution in [0.15, 0.2) is 60.7 Å². The first-order valence-corrected chi connectivity index (χ1v) is 7.40. The van der Waals surface area contributed by atoms with Gasteiger partial charge in [0.1, 0.15) is 0 Å². The Bertz CT molecular complexity index is 849. The fourth-order valence-corrected chi connectivity index (χ4v) is 3.09. The van der Waals surface area contributed by atoms with Crippen molar-refractivity contribution in [2.45, 2.75) is 19.8 Å². The fraction of sp³-hybridized carbons (Fsp3) is 0.150. The molecule has 0 aliphatic rings. The van der Waals surface area contributed by atoms with Gasteiger partial charge in [-0.2, -0.15) is 0 Å². The van der Waals surface area contributed by atoms with Crippen LogP contribution < -0.4 is 0 Å². The largest absolute Gasteiger partial charge is 0.478 e. The van der Waals surface area contributed by atoms with Crippen LogP contribution in [0.3, 0.4) is 0 Å². The molecule has 0 aliphatic heterocycles. The molecule has 110 valence electrons. The van der Waals surface area contributed by atoms with Crippen LogP contribution in [0.5, 0.6) is 0 Å². The van der Waals surface area contributed by atoms with Gasteiger partial charge in [0.25, 0.3) is 0 Å². The average Bonchev–Trinajstić information content (AvgIpc) is 2.55. The van der Waals surface area contributed by atoms with E-state index in [0.717, 1.165) is 11.1 Å². The maximum atomic E-state index is 11.5. The minimum atomic E-state index is -0.876. The lowest BCUT2D eigenvalue weighted by Gasteiger charge is -2.18. The van der Waals surface area contributed by atoms with Crippen molar-refractivity contribution in [2.75, 3.05) is 0 Å². The Balaban J connectivity index is 2.20. The molecule has 1 N–H and O–H groups in total. The summed E-state index contributed by atoms with van der Waals surface area (Å²) in [4.78, 5) is 11.5. The SMILES string of the molecule is Cc1ccc([C@@H](C)c2ccccc2C(=O)O)c2ccccc12. The van der Waals surface area contributed by atoms with Crippen molar-refractivity contribution in [1.29, 1.82) is 0 Å². The number of carbonyl (C=O) groups is 1. The van der Waals surface area contributed by atoms with E-state index < -0.39 is 5.97 Å². The van der Waals surface area contributed by atoms with Gasteiger partial charge in [0.15, 0.2) is 0 Å². The first-order valence-electron chi connectivity index (χ1n) is 7.40. The number of aryl methyl sites for hydroxylation is 1. The molecule has 2 heteroatoms. The number of fused-ring (bicyclic) bond motifs is 1. The Morgan fingerprint density at radius 3 is 2.23 bits per heavy atom. The Kier molecular flexibility index (Phi) is 3.68. The zero-order chi connectivity index (χ0) is 15.7. The molecule has 0 radical (unpaired) electrons. The molecule has 0 unspecified atom stereocenters. The van der Waals surface area contributed by atoms with Crippen molar-refractivity contribution in [2.24, 2.45) is 0 Å². The van der Waals surface area contributed by atoms with Crippen LogP contribution in [-0.2, 0) is 0 Å². The maximum absolute atomic E-state index is 11.5. The van der Waals surface area contributed by atoms with Gasteiger partial charge in [-0.25, -0.2) is 4.79 Å². The van der Waals surface area contributed by atoms with Crippen molar-refractivity contribution in [3.63, 3.8) is 0 Å². The molecule has 3 aromatic carbocycles. The van der Waals surface area contributed by atoms with Crippen LogP contribution in [0.2, 0.25) is 0 Å². The number of hydrogen-bond donors (Lipinski definition) is 1. The maximum Gasteiger partial charge on any atom is 0.335 e. The van der Waals surface area contributed by atoms with Gasteiger partial charge in [0.05, 0.1) is 5.56 Å². The fourth-order valence-electron chi connectivity index (χ4n) is 3.09. The van der Waals surface area contributed by atoms with Crippen molar-refractivity contribution >= 4 is 16.7 Å². The summed E-state index contributed by atoms with van der Waals surface area (Å²) in [6, 6.07) is 19.8. The van der Waals surface area contributed by atoms with Crippen molar-refractivity contribution in [1.82, 2.24) is 0 Å². The summed E-state index contributed by atoms with van der Waals surface area (Å²) in [7, 11) is 0. The highest BCUT2D eigenvalue weighted by atomic mass is 16.4. The molecule has 0 aromatic heterocycles. The molecule has 0 saturated heterocycles. The van der Waals surface area contributed by atoms with E-state index >= 15 is 0 Å². The van der Waals surface area contributed by atoms with Crippen molar-refractivity contribution < 1.29 is 9.90 Å². The molecule has 0 aliphatic carbocycles. The Morgan fingerprint density at radius 1 is 0.864 bits per heavy atom. The van der Waals surface area contributed by atoms with Crippen LogP contribution in [0.4, 0.5) is 0 Å². The predicted molar refractivity (Wildman–Crippen MR) is 89.6 cm³/mol. The minimum absolute atomic E-state index is 0.0257. The second-order valence-corrected chi connectivity index (χ2v) is 5.63. The molecule has 22 heavy (non-hydrogen) atoms. The van der Waals surface area contributed by atoms with Crippen LogP contribution in [0.1, 0.15) is 39.9 Å². The monoisotopic (exact) mass is 290 g/mol. The second-order valence-electron chi connectivity index (χ2n) is 5.63. The molecule has 1 atom stereocenters. The normalized spacial score (nSPS) is 12.3. The summed E-state index contributed by atoms with van der Waals surface area (Å²) in [6.45, 7) is 4.17. The van der Waals surface area contributed by atoms with E-state index in [1.807, 2.05) is 24.3 Å². The van der Waals surface area contributed by atoms with Gasteiger partial charge in [0.2, 0.25) is 0 Å². The van der Waals surface area contributed by atoms with E-state index in [2.05, 4.69) is 38.1 Å². The Morgan fingerprint density at radius 2 is 1.50 bits per heavy atom. The van der Waals surface area contributed by atoms with Gasteiger partial charge in [0, 0.05) is 5.92 Å². The van der Waals surface area contributed by atoms with Crippen LogP contribution >= 0.6 is 0 Å². The standard InChI is InChI=1S/C20H18O2/c1-13-11-12-17(18-9-5-3-7-15(13)18)14(2)16-8-4-6-10-19(16)20(21)22/h3-12,14H,1-2H3,(H,21,22)/t14-/m0/s1. The highest BCUT2D eigenvalue weighted by Crippen LogP contribution is 2.33. The summed E-state index contributed by atoms with van der Waals surface area (Å²) in [6.07, 6.45) is 0. The summed E-state index contributed by atoms with van der Waals surface area (Å²) in [5, 5.41) is 11.8. The van der Waals surface area contributed by atoms with Gasteiger partial charge < -0.3 is 5.11 Å². The van der Waals surface area contributed by atoms with Crippen LogP contribution in [0.25, 0.3) is 10.8 Å². The second kappa shape index (κ2) is 5.64. The molecule has 0 fully saturated rings. The number of hydrogen-bond acceptors (Lipinski definition) is 1. The van der Waals surface area contributed by atoms with Crippen molar-refractivity contribution in [3.05, 3.63) is 82.9 Å². The Hall–Kier alpha value is -2.61. The molecule has 0 amide bonds. The summed E-state index contributed by atoms with van der Waals surface area (Å²) in [5.74, 6) is -0.850. The van der Waals surface area contributed by atoms with E-state index in [0.29, 0.717) is 5.56 Å². The van der Waals surface area contributed by atoms with E-state index in [1.54, 1.807) is 12.1 Å². The van der Waals surface area contributed by atoms with Gasteiger partial charge >= 0.3 is 5.97 Å². The molecular weight excluding hydrogens is 272 g/mol. The molecule has 0 saturated carbocycles.